The quantitative estimate of drug-likeness (QED) is 0.437. The van der Waals surface area contributed by atoms with Crippen LogP contribution in [-0.2, 0) is 0 Å². The van der Waals surface area contributed by atoms with Gasteiger partial charge in [-0.15, -0.1) is 0 Å². The smallest absolute Gasteiger partial charge is 0.257 e. The lowest BCUT2D eigenvalue weighted by Gasteiger charge is -2.08. The molecule has 0 radical (unpaired) electrons. The molecule has 0 fully saturated rings. The van der Waals surface area contributed by atoms with Gasteiger partial charge in [-0.25, -0.2) is 4.98 Å². The number of hydrogen-bond donors (Lipinski definition) is 2. The molecule has 0 atom stereocenters. The fourth-order valence-corrected chi connectivity index (χ4v) is 3.15. The number of carbonyl (C=O) groups is 1. The van der Waals surface area contributed by atoms with Gasteiger partial charge in [-0.1, -0.05) is 23.7 Å². The van der Waals surface area contributed by atoms with E-state index in [9.17, 15) is 9.90 Å². The largest absolute Gasteiger partial charge is 0.507 e. The van der Waals surface area contributed by atoms with E-state index in [4.69, 9.17) is 16.0 Å². The summed E-state index contributed by atoms with van der Waals surface area (Å²) in [5.74, 6) is -0.0480. The SMILES string of the molecule is Cc1cc2nc(-c3cc(NC(=O)c4ccccc4Cl)ccc3O)oc2cc1C. The lowest BCUT2D eigenvalue weighted by Crippen LogP contribution is -2.12. The van der Waals surface area contributed by atoms with Crippen LogP contribution >= 0.6 is 11.6 Å². The van der Waals surface area contributed by atoms with Gasteiger partial charge in [0.15, 0.2) is 5.58 Å². The Labute approximate surface area is 166 Å². The molecule has 1 amide bonds. The zero-order valence-electron chi connectivity index (χ0n) is 15.3. The van der Waals surface area contributed by atoms with E-state index in [1.54, 1.807) is 36.4 Å². The average Bonchev–Trinajstić information content (AvgIpc) is 3.06. The molecule has 4 aromatic rings. The molecule has 0 bridgehead atoms. The number of aromatic nitrogens is 1. The standard InChI is InChI=1S/C22H17ClN2O3/c1-12-9-18-20(10-13(12)2)28-22(25-18)16-11-14(7-8-19(16)26)24-21(27)15-5-3-4-6-17(15)23/h3-11,26H,1-2H3,(H,24,27). The van der Waals surface area contributed by atoms with Gasteiger partial charge in [-0.3, -0.25) is 4.79 Å². The first-order chi connectivity index (χ1) is 13.4. The van der Waals surface area contributed by atoms with E-state index >= 15 is 0 Å². The van der Waals surface area contributed by atoms with Crippen LogP contribution in [0.1, 0.15) is 21.5 Å². The number of amides is 1. The Morgan fingerprint density at radius 2 is 1.82 bits per heavy atom. The fraction of sp³-hybridized carbons (Fsp3) is 0.0909. The molecular formula is C22H17ClN2O3. The van der Waals surface area contributed by atoms with Crippen LogP contribution in [0.2, 0.25) is 5.02 Å². The molecule has 0 saturated carbocycles. The van der Waals surface area contributed by atoms with Gasteiger partial charge in [0.1, 0.15) is 11.3 Å². The van der Waals surface area contributed by atoms with Crippen molar-refractivity contribution in [2.45, 2.75) is 13.8 Å². The van der Waals surface area contributed by atoms with Gasteiger partial charge in [0.05, 0.1) is 16.1 Å². The lowest BCUT2D eigenvalue weighted by molar-refractivity contribution is 0.102. The van der Waals surface area contributed by atoms with E-state index in [0.717, 1.165) is 11.1 Å². The number of anilines is 1. The van der Waals surface area contributed by atoms with E-state index in [2.05, 4.69) is 10.3 Å². The maximum atomic E-state index is 12.5. The van der Waals surface area contributed by atoms with E-state index in [0.29, 0.717) is 32.9 Å². The van der Waals surface area contributed by atoms with Crippen molar-refractivity contribution in [1.29, 1.82) is 0 Å². The minimum Gasteiger partial charge on any atom is -0.507 e. The van der Waals surface area contributed by atoms with E-state index in [1.807, 2.05) is 26.0 Å². The van der Waals surface area contributed by atoms with Crippen molar-refractivity contribution in [3.63, 3.8) is 0 Å². The summed E-state index contributed by atoms with van der Waals surface area (Å²) in [5.41, 5.74) is 4.81. The van der Waals surface area contributed by atoms with Crippen molar-refractivity contribution in [1.82, 2.24) is 4.98 Å². The number of aromatic hydroxyl groups is 1. The number of benzene rings is 3. The minimum absolute atomic E-state index is 0.00995. The topological polar surface area (TPSA) is 75.4 Å². The van der Waals surface area contributed by atoms with Crippen LogP contribution in [0.25, 0.3) is 22.6 Å². The van der Waals surface area contributed by atoms with Crippen molar-refractivity contribution in [2.24, 2.45) is 0 Å². The molecule has 2 N–H and O–H groups in total. The third kappa shape index (κ3) is 3.32. The predicted molar refractivity (Wildman–Crippen MR) is 110 cm³/mol. The number of carbonyl (C=O) groups excluding carboxylic acids is 1. The molecule has 0 spiro atoms. The Morgan fingerprint density at radius 3 is 2.61 bits per heavy atom. The molecule has 1 heterocycles. The molecule has 0 saturated heterocycles. The van der Waals surface area contributed by atoms with Crippen molar-refractivity contribution < 1.29 is 14.3 Å². The van der Waals surface area contributed by atoms with Gasteiger partial charge >= 0.3 is 0 Å². The molecule has 0 unspecified atom stereocenters. The molecule has 4 rings (SSSR count). The summed E-state index contributed by atoms with van der Waals surface area (Å²) in [4.78, 5) is 17.0. The second-order valence-electron chi connectivity index (χ2n) is 6.59. The van der Waals surface area contributed by atoms with Crippen LogP contribution in [0.5, 0.6) is 5.75 Å². The molecule has 1 aromatic heterocycles. The summed E-state index contributed by atoms with van der Waals surface area (Å²) in [7, 11) is 0. The first-order valence-corrected chi connectivity index (χ1v) is 9.07. The Morgan fingerprint density at radius 1 is 1.07 bits per heavy atom. The summed E-state index contributed by atoms with van der Waals surface area (Å²) in [5, 5.41) is 13.4. The maximum absolute atomic E-state index is 12.5. The van der Waals surface area contributed by atoms with Crippen molar-refractivity contribution in [3.05, 3.63) is 76.3 Å². The summed E-state index contributed by atoms with van der Waals surface area (Å²) >= 11 is 6.08. The van der Waals surface area contributed by atoms with Gasteiger partial charge in [0.2, 0.25) is 5.89 Å². The highest BCUT2D eigenvalue weighted by Gasteiger charge is 2.16. The third-order valence-electron chi connectivity index (χ3n) is 4.61. The van der Waals surface area contributed by atoms with Crippen LogP contribution in [0.15, 0.2) is 59.0 Å². The zero-order chi connectivity index (χ0) is 19.8. The number of nitrogens with zero attached hydrogens (tertiary/aromatic N) is 1. The molecule has 3 aromatic carbocycles. The van der Waals surface area contributed by atoms with Gasteiger partial charge < -0.3 is 14.8 Å². The Balaban J connectivity index is 1.70. The van der Waals surface area contributed by atoms with Crippen LogP contribution in [0.3, 0.4) is 0 Å². The first-order valence-electron chi connectivity index (χ1n) is 8.69. The Hall–Kier alpha value is -3.31. The summed E-state index contributed by atoms with van der Waals surface area (Å²) in [6.07, 6.45) is 0. The number of hydrogen-bond acceptors (Lipinski definition) is 4. The molecule has 5 nitrogen and oxygen atoms in total. The van der Waals surface area contributed by atoms with Crippen molar-refractivity contribution in [3.8, 4) is 17.2 Å². The van der Waals surface area contributed by atoms with Gasteiger partial charge in [-0.2, -0.15) is 0 Å². The second-order valence-corrected chi connectivity index (χ2v) is 7.00. The van der Waals surface area contributed by atoms with E-state index in [1.165, 1.54) is 6.07 Å². The number of fused-ring (bicyclic) bond motifs is 1. The van der Waals surface area contributed by atoms with E-state index < -0.39 is 0 Å². The number of oxazole rings is 1. The molecule has 0 aliphatic carbocycles. The summed E-state index contributed by atoms with van der Waals surface area (Å²) in [6.45, 7) is 4.00. The summed E-state index contributed by atoms with van der Waals surface area (Å²) < 4.78 is 5.83. The first kappa shape index (κ1) is 18.1. The van der Waals surface area contributed by atoms with Crippen molar-refractivity contribution in [2.75, 3.05) is 5.32 Å². The molecule has 28 heavy (non-hydrogen) atoms. The molecule has 140 valence electrons. The highest BCUT2D eigenvalue weighted by Crippen LogP contribution is 2.34. The van der Waals surface area contributed by atoms with Gasteiger partial charge in [0.25, 0.3) is 5.91 Å². The van der Waals surface area contributed by atoms with Crippen LogP contribution in [-0.4, -0.2) is 16.0 Å². The van der Waals surface area contributed by atoms with Crippen molar-refractivity contribution >= 4 is 34.3 Å². The van der Waals surface area contributed by atoms with E-state index in [-0.39, 0.29) is 17.5 Å². The molecule has 0 aliphatic rings. The van der Waals surface area contributed by atoms with Crippen LogP contribution in [0.4, 0.5) is 5.69 Å². The maximum Gasteiger partial charge on any atom is 0.257 e. The molecule has 0 aliphatic heterocycles. The Kier molecular flexibility index (Phi) is 4.53. The average molecular weight is 393 g/mol. The number of phenolic OH excluding ortho intramolecular Hbond substituents is 1. The number of rotatable bonds is 3. The number of halogens is 1. The lowest BCUT2D eigenvalue weighted by atomic mass is 10.1. The monoisotopic (exact) mass is 392 g/mol. The highest BCUT2D eigenvalue weighted by molar-refractivity contribution is 6.34. The van der Waals surface area contributed by atoms with Gasteiger partial charge in [-0.05, 0) is 67.4 Å². The number of nitrogens with one attached hydrogen (secondary N) is 1. The minimum atomic E-state index is -0.342. The predicted octanol–water partition coefficient (Wildman–Crippen LogP) is 5.72. The normalized spacial score (nSPS) is 11.0. The van der Waals surface area contributed by atoms with Crippen LogP contribution in [0, 0.1) is 13.8 Å². The highest BCUT2D eigenvalue weighted by atomic mass is 35.5. The Bertz CT molecular complexity index is 1170. The molecular weight excluding hydrogens is 376 g/mol. The number of phenols is 1. The molecule has 6 heteroatoms. The number of aryl methyl sites for hydroxylation is 2. The van der Waals surface area contributed by atoms with Gasteiger partial charge in [0, 0.05) is 5.69 Å². The zero-order valence-corrected chi connectivity index (χ0v) is 16.0. The fourth-order valence-electron chi connectivity index (χ4n) is 2.92. The second kappa shape index (κ2) is 7.02. The third-order valence-corrected chi connectivity index (χ3v) is 4.94. The summed E-state index contributed by atoms with van der Waals surface area (Å²) in [6, 6.07) is 15.4. The van der Waals surface area contributed by atoms with Crippen LogP contribution < -0.4 is 5.32 Å².